The summed E-state index contributed by atoms with van der Waals surface area (Å²) < 4.78 is 13.9. The molecular formula is C33H32ClN3O4S. The average Bonchev–Trinajstić information content (AvgIpc) is 3.31. The highest BCUT2D eigenvalue weighted by molar-refractivity contribution is 7.07. The van der Waals surface area contributed by atoms with Crippen LogP contribution >= 0.6 is 22.9 Å². The number of rotatable bonds is 9. The van der Waals surface area contributed by atoms with E-state index in [-0.39, 0.29) is 18.1 Å². The summed E-state index contributed by atoms with van der Waals surface area (Å²) in [4.78, 5) is 35.0. The van der Waals surface area contributed by atoms with Crippen molar-refractivity contribution in [2.45, 2.75) is 33.4 Å². The number of hydrogen-bond acceptors (Lipinski definition) is 6. The SMILES string of the molecule is CCN(CC)C(=O)C1=C(C)N=c2s/c(=C/c3ccccc3OCc3ccccc3Cl)c(=O)n2[C@H]1c1ccccc1OC. The fourth-order valence-corrected chi connectivity index (χ4v) is 6.33. The number of methoxy groups -OCH3 is 1. The molecule has 1 amide bonds. The molecule has 216 valence electrons. The molecule has 42 heavy (non-hydrogen) atoms. The van der Waals surface area contributed by atoms with Crippen LogP contribution in [0.25, 0.3) is 6.08 Å². The van der Waals surface area contributed by atoms with Crippen molar-refractivity contribution >= 4 is 34.9 Å². The third kappa shape index (κ3) is 5.65. The second kappa shape index (κ2) is 12.8. The van der Waals surface area contributed by atoms with Crippen LogP contribution in [-0.4, -0.2) is 35.6 Å². The summed E-state index contributed by atoms with van der Waals surface area (Å²) >= 11 is 7.61. The molecule has 0 bridgehead atoms. The van der Waals surface area contributed by atoms with Crippen molar-refractivity contribution in [2.75, 3.05) is 20.2 Å². The van der Waals surface area contributed by atoms with Gasteiger partial charge in [-0.25, -0.2) is 4.99 Å². The van der Waals surface area contributed by atoms with Crippen LogP contribution < -0.4 is 24.4 Å². The molecular weight excluding hydrogens is 570 g/mol. The summed E-state index contributed by atoms with van der Waals surface area (Å²) in [5.41, 5.74) is 3.14. The maximum Gasteiger partial charge on any atom is 0.271 e. The van der Waals surface area contributed by atoms with Crippen molar-refractivity contribution in [1.29, 1.82) is 0 Å². The lowest BCUT2D eigenvalue weighted by Crippen LogP contribution is -2.43. The number of para-hydroxylation sites is 2. The van der Waals surface area contributed by atoms with Crippen molar-refractivity contribution < 1.29 is 14.3 Å². The minimum Gasteiger partial charge on any atom is -0.496 e. The van der Waals surface area contributed by atoms with Gasteiger partial charge in [0, 0.05) is 34.8 Å². The largest absolute Gasteiger partial charge is 0.496 e. The fourth-order valence-electron chi connectivity index (χ4n) is 5.11. The Morgan fingerprint density at radius 2 is 1.69 bits per heavy atom. The first-order valence-corrected chi connectivity index (χ1v) is 15.0. The molecule has 1 aliphatic rings. The monoisotopic (exact) mass is 601 g/mol. The minimum atomic E-state index is -0.695. The van der Waals surface area contributed by atoms with Gasteiger partial charge >= 0.3 is 0 Å². The van der Waals surface area contributed by atoms with Crippen molar-refractivity contribution in [2.24, 2.45) is 4.99 Å². The van der Waals surface area contributed by atoms with E-state index in [1.165, 1.54) is 11.3 Å². The summed E-state index contributed by atoms with van der Waals surface area (Å²) in [5, 5.41) is 0.630. The Bertz CT molecular complexity index is 1840. The van der Waals surface area contributed by atoms with Crippen LogP contribution in [0.1, 0.15) is 43.5 Å². The van der Waals surface area contributed by atoms with Gasteiger partial charge in [0.15, 0.2) is 4.80 Å². The fraction of sp³-hybridized carbons (Fsp3) is 0.242. The highest BCUT2D eigenvalue weighted by atomic mass is 35.5. The van der Waals surface area contributed by atoms with E-state index in [2.05, 4.69) is 0 Å². The van der Waals surface area contributed by atoms with Crippen LogP contribution in [-0.2, 0) is 11.4 Å². The number of hydrogen-bond donors (Lipinski definition) is 0. The predicted octanol–water partition coefficient (Wildman–Crippen LogP) is 5.34. The summed E-state index contributed by atoms with van der Waals surface area (Å²) in [6.07, 6.45) is 1.82. The third-order valence-electron chi connectivity index (χ3n) is 7.28. The Morgan fingerprint density at radius 1 is 1.02 bits per heavy atom. The number of carbonyl (C=O) groups excluding carboxylic acids is 1. The first-order valence-electron chi connectivity index (χ1n) is 13.8. The minimum absolute atomic E-state index is 0.148. The predicted molar refractivity (Wildman–Crippen MR) is 167 cm³/mol. The maximum atomic E-state index is 14.2. The number of carbonyl (C=O) groups is 1. The van der Waals surface area contributed by atoms with Gasteiger partial charge in [-0.05, 0) is 45.0 Å². The van der Waals surface area contributed by atoms with E-state index in [1.807, 2.05) is 99.6 Å². The summed E-state index contributed by atoms with van der Waals surface area (Å²) in [5.74, 6) is 1.07. The molecule has 0 aliphatic carbocycles. The molecule has 2 heterocycles. The molecule has 0 N–H and O–H groups in total. The van der Waals surface area contributed by atoms with Crippen LogP contribution in [0.4, 0.5) is 0 Å². The molecule has 1 aliphatic heterocycles. The maximum absolute atomic E-state index is 14.2. The zero-order valence-electron chi connectivity index (χ0n) is 24.0. The normalized spacial score (nSPS) is 14.8. The Balaban J connectivity index is 1.64. The van der Waals surface area contributed by atoms with Crippen LogP contribution in [0.15, 0.2) is 93.9 Å². The van der Waals surface area contributed by atoms with E-state index in [9.17, 15) is 9.59 Å². The number of aromatic nitrogens is 1. The first kappa shape index (κ1) is 29.4. The van der Waals surface area contributed by atoms with E-state index in [0.717, 1.165) is 16.7 Å². The summed E-state index contributed by atoms with van der Waals surface area (Å²) in [6.45, 7) is 7.08. The van der Waals surface area contributed by atoms with Gasteiger partial charge in [-0.3, -0.25) is 14.2 Å². The number of fused-ring (bicyclic) bond motifs is 1. The van der Waals surface area contributed by atoms with Gasteiger partial charge in [0.2, 0.25) is 0 Å². The Hall–Kier alpha value is -4.14. The molecule has 1 atom stereocenters. The van der Waals surface area contributed by atoms with Gasteiger partial charge in [0.25, 0.3) is 11.5 Å². The number of thiazole rings is 1. The number of nitrogens with zero attached hydrogens (tertiary/aromatic N) is 3. The summed E-state index contributed by atoms with van der Waals surface area (Å²) in [7, 11) is 1.59. The lowest BCUT2D eigenvalue weighted by atomic mass is 9.94. The van der Waals surface area contributed by atoms with Gasteiger partial charge < -0.3 is 14.4 Å². The highest BCUT2D eigenvalue weighted by Crippen LogP contribution is 2.36. The molecule has 5 rings (SSSR count). The van der Waals surface area contributed by atoms with Crippen molar-refractivity contribution in [3.05, 3.63) is 125 Å². The van der Waals surface area contributed by atoms with Gasteiger partial charge in [-0.15, -0.1) is 0 Å². The summed E-state index contributed by atoms with van der Waals surface area (Å²) in [6, 6.07) is 21.9. The molecule has 4 aromatic rings. The van der Waals surface area contributed by atoms with Crippen LogP contribution in [0, 0.1) is 0 Å². The van der Waals surface area contributed by atoms with Crippen LogP contribution in [0.3, 0.4) is 0 Å². The lowest BCUT2D eigenvalue weighted by Gasteiger charge is -2.29. The Labute approximate surface area is 253 Å². The zero-order valence-corrected chi connectivity index (χ0v) is 25.5. The second-order valence-electron chi connectivity index (χ2n) is 9.72. The molecule has 7 nitrogen and oxygen atoms in total. The highest BCUT2D eigenvalue weighted by Gasteiger charge is 2.35. The molecule has 0 fully saturated rings. The molecule has 0 saturated heterocycles. The number of benzene rings is 3. The van der Waals surface area contributed by atoms with Crippen LogP contribution in [0.5, 0.6) is 11.5 Å². The van der Waals surface area contributed by atoms with E-state index < -0.39 is 6.04 Å². The lowest BCUT2D eigenvalue weighted by molar-refractivity contribution is -0.127. The van der Waals surface area contributed by atoms with Crippen molar-refractivity contribution in [3.63, 3.8) is 0 Å². The average molecular weight is 602 g/mol. The standard InChI is InChI=1S/C33H32ClN3O4S/c1-5-36(6-2)32(39)29-21(3)35-33-37(30(29)24-15-9-12-18-27(24)40-4)31(38)28(42-33)19-22-13-8-11-17-26(22)41-20-23-14-7-10-16-25(23)34/h7-19,30H,5-6,20H2,1-4H3/b28-19+/t30-/m0/s1. The molecule has 9 heteroatoms. The number of halogens is 1. The Kier molecular flexibility index (Phi) is 8.94. The number of allylic oxidation sites excluding steroid dienone is 1. The van der Waals surface area contributed by atoms with Crippen molar-refractivity contribution in [1.82, 2.24) is 9.47 Å². The van der Waals surface area contributed by atoms with Gasteiger partial charge in [-0.2, -0.15) is 0 Å². The Morgan fingerprint density at radius 3 is 2.40 bits per heavy atom. The van der Waals surface area contributed by atoms with Gasteiger partial charge in [0.05, 0.1) is 22.9 Å². The molecule has 0 saturated carbocycles. The first-order chi connectivity index (χ1) is 20.4. The number of likely N-dealkylation sites (N-methyl/N-ethyl adjacent to an activating group) is 1. The third-order valence-corrected chi connectivity index (χ3v) is 8.63. The van der Waals surface area contributed by atoms with E-state index in [0.29, 0.717) is 50.2 Å². The van der Waals surface area contributed by atoms with E-state index in [4.69, 9.17) is 26.1 Å². The smallest absolute Gasteiger partial charge is 0.271 e. The number of ether oxygens (including phenoxy) is 2. The molecule has 0 unspecified atom stereocenters. The van der Waals surface area contributed by atoms with Crippen LogP contribution in [0.2, 0.25) is 5.02 Å². The quantitative estimate of drug-likeness (QED) is 0.259. The van der Waals surface area contributed by atoms with E-state index in [1.54, 1.807) is 16.6 Å². The molecule has 0 radical (unpaired) electrons. The van der Waals surface area contributed by atoms with Gasteiger partial charge in [-0.1, -0.05) is 77.5 Å². The zero-order chi connectivity index (χ0) is 29.8. The van der Waals surface area contributed by atoms with Crippen molar-refractivity contribution in [3.8, 4) is 11.5 Å². The topological polar surface area (TPSA) is 73.1 Å². The van der Waals surface area contributed by atoms with E-state index >= 15 is 0 Å². The van der Waals surface area contributed by atoms with Gasteiger partial charge in [0.1, 0.15) is 24.1 Å². The molecule has 3 aromatic carbocycles. The number of amides is 1. The molecule has 0 spiro atoms. The molecule has 1 aromatic heterocycles. The second-order valence-corrected chi connectivity index (χ2v) is 11.1.